The molecule has 0 atom stereocenters. The quantitative estimate of drug-likeness (QED) is 0.313. The van der Waals surface area contributed by atoms with Crippen molar-refractivity contribution in [1.82, 2.24) is 9.97 Å². The van der Waals surface area contributed by atoms with Gasteiger partial charge < -0.3 is 33.5 Å². The highest BCUT2D eigenvalue weighted by molar-refractivity contribution is 5.13. The first kappa shape index (κ1) is 27.0. The normalized spacial score (nSPS) is 15.8. The average Bonchev–Trinajstić information content (AvgIpc) is 2.84. The van der Waals surface area contributed by atoms with Gasteiger partial charge in [-0.15, -0.1) is 0 Å². The molecule has 1 aliphatic rings. The second-order valence-electron chi connectivity index (χ2n) is 7.87. The number of aliphatic hydroxyl groups excluding tert-OH is 1. The van der Waals surface area contributed by atoms with Crippen molar-refractivity contribution in [3.63, 3.8) is 0 Å². The summed E-state index contributed by atoms with van der Waals surface area (Å²) in [6, 6.07) is 1.75. The standard InChI is InChI=1S/C23H40N2O7/c1-27-9-10-28-11-12-29-13-14-30-15-16-31-17-18-32-20-23(6-3-2-4-7-23)22-24-8-5-21(19-26)25-22/h5,8,26H,2-4,6-7,9-20H2,1H3. The van der Waals surface area contributed by atoms with Crippen molar-refractivity contribution in [2.75, 3.05) is 79.8 Å². The predicted molar refractivity (Wildman–Crippen MR) is 119 cm³/mol. The summed E-state index contributed by atoms with van der Waals surface area (Å²) in [4.78, 5) is 9.07. The first-order valence-electron chi connectivity index (χ1n) is 11.6. The second-order valence-corrected chi connectivity index (χ2v) is 7.87. The molecule has 0 radical (unpaired) electrons. The molecule has 1 aliphatic carbocycles. The van der Waals surface area contributed by atoms with Gasteiger partial charge in [-0.25, -0.2) is 9.97 Å². The van der Waals surface area contributed by atoms with E-state index in [4.69, 9.17) is 28.4 Å². The zero-order valence-electron chi connectivity index (χ0n) is 19.5. The van der Waals surface area contributed by atoms with Crippen molar-refractivity contribution in [2.24, 2.45) is 0 Å². The fourth-order valence-electron chi connectivity index (χ4n) is 3.69. The van der Waals surface area contributed by atoms with E-state index in [0.29, 0.717) is 78.4 Å². The minimum atomic E-state index is -0.165. The predicted octanol–water partition coefficient (Wildman–Crippen LogP) is 1.90. The highest BCUT2D eigenvalue weighted by Gasteiger charge is 2.37. The lowest BCUT2D eigenvalue weighted by Gasteiger charge is -2.35. The molecule has 0 spiro atoms. The summed E-state index contributed by atoms with van der Waals surface area (Å²) < 4.78 is 32.7. The Bertz CT molecular complexity index is 585. The molecule has 32 heavy (non-hydrogen) atoms. The van der Waals surface area contributed by atoms with E-state index >= 15 is 0 Å². The number of ether oxygens (including phenoxy) is 6. The summed E-state index contributed by atoms with van der Waals surface area (Å²) in [5.74, 6) is 0.793. The molecule has 0 saturated heterocycles. The van der Waals surface area contributed by atoms with Crippen LogP contribution in [0.2, 0.25) is 0 Å². The van der Waals surface area contributed by atoms with Crippen LogP contribution >= 0.6 is 0 Å². The van der Waals surface area contributed by atoms with Gasteiger partial charge in [-0.05, 0) is 18.9 Å². The molecule has 1 aromatic rings. The van der Waals surface area contributed by atoms with Gasteiger partial charge in [0.1, 0.15) is 5.82 Å². The molecule has 2 rings (SSSR count). The van der Waals surface area contributed by atoms with Gasteiger partial charge in [0.25, 0.3) is 0 Å². The van der Waals surface area contributed by atoms with Crippen LogP contribution in [-0.4, -0.2) is 94.9 Å². The molecule has 1 saturated carbocycles. The van der Waals surface area contributed by atoms with Gasteiger partial charge in [0.05, 0.1) is 90.4 Å². The zero-order valence-corrected chi connectivity index (χ0v) is 19.5. The molecule has 1 fully saturated rings. The zero-order chi connectivity index (χ0) is 22.7. The Morgan fingerprint density at radius 1 is 0.781 bits per heavy atom. The van der Waals surface area contributed by atoms with Gasteiger partial charge in [0.2, 0.25) is 0 Å². The topological polar surface area (TPSA) is 101 Å². The number of rotatable bonds is 19. The monoisotopic (exact) mass is 456 g/mol. The van der Waals surface area contributed by atoms with E-state index in [1.54, 1.807) is 19.4 Å². The van der Waals surface area contributed by atoms with Crippen LogP contribution in [0.1, 0.15) is 43.6 Å². The van der Waals surface area contributed by atoms with Gasteiger partial charge in [-0.3, -0.25) is 0 Å². The van der Waals surface area contributed by atoms with Crippen molar-refractivity contribution in [3.05, 3.63) is 23.8 Å². The Morgan fingerprint density at radius 3 is 1.84 bits per heavy atom. The van der Waals surface area contributed by atoms with Gasteiger partial charge in [-0.2, -0.15) is 0 Å². The Morgan fingerprint density at radius 2 is 1.31 bits per heavy atom. The smallest absolute Gasteiger partial charge is 0.137 e. The largest absolute Gasteiger partial charge is 0.390 e. The molecule has 1 heterocycles. The molecule has 9 heteroatoms. The second kappa shape index (κ2) is 17.3. The summed E-state index contributed by atoms with van der Waals surface area (Å²) in [5.41, 5.74) is 0.491. The summed E-state index contributed by atoms with van der Waals surface area (Å²) in [5, 5.41) is 9.41. The van der Waals surface area contributed by atoms with Crippen molar-refractivity contribution >= 4 is 0 Å². The van der Waals surface area contributed by atoms with E-state index in [9.17, 15) is 5.11 Å². The maximum absolute atomic E-state index is 9.41. The number of hydrogen-bond acceptors (Lipinski definition) is 9. The van der Waals surface area contributed by atoms with Crippen LogP contribution in [0, 0.1) is 0 Å². The molecule has 1 N–H and O–H groups in total. The molecule has 1 aromatic heterocycles. The van der Waals surface area contributed by atoms with Gasteiger partial charge >= 0.3 is 0 Å². The summed E-state index contributed by atoms with van der Waals surface area (Å²) in [7, 11) is 1.65. The van der Waals surface area contributed by atoms with Gasteiger partial charge in [0.15, 0.2) is 0 Å². The van der Waals surface area contributed by atoms with Crippen LogP contribution in [0.5, 0.6) is 0 Å². The summed E-state index contributed by atoms with van der Waals surface area (Å²) >= 11 is 0. The van der Waals surface area contributed by atoms with E-state index in [-0.39, 0.29) is 12.0 Å². The maximum Gasteiger partial charge on any atom is 0.137 e. The van der Waals surface area contributed by atoms with Crippen LogP contribution in [-0.2, 0) is 40.4 Å². The lowest BCUT2D eigenvalue weighted by Crippen LogP contribution is -2.37. The minimum absolute atomic E-state index is 0.0716. The SMILES string of the molecule is COCCOCCOCCOCCOCCOCC1(c2nccc(CO)n2)CCCCC1. The summed E-state index contributed by atoms with van der Waals surface area (Å²) in [6.45, 7) is 5.98. The number of aliphatic hydroxyl groups is 1. The average molecular weight is 457 g/mol. The lowest BCUT2D eigenvalue weighted by atomic mass is 9.74. The lowest BCUT2D eigenvalue weighted by molar-refractivity contribution is -0.0200. The van der Waals surface area contributed by atoms with E-state index in [2.05, 4.69) is 9.97 Å². The van der Waals surface area contributed by atoms with E-state index < -0.39 is 0 Å². The first-order chi connectivity index (χ1) is 15.8. The van der Waals surface area contributed by atoms with Gasteiger partial charge in [0, 0.05) is 13.3 Å². The number of aromatic nitrogens is 2. The molecule has 0 amide bonds. The van der Waals surface area contributed by atoms with E-state index in [0.717, 1.165) is 31.5 Å². The van der Waals surface area contributed by atoms with Crippen LogP contribution in [0.4, 0.5) is 0 Å². The molecule has 0 unspecified atom stereocenters. The number of methoxy groups -OCH3 is 1. The molecule has 9 nitrogen and oxygen atoms in total. The van der Waals surface area contributed by atoms with Crippen LogP contribution < -0.4 is 0 Å². The Balaban J connectivity index is 1.49. The van der Waals surface area contributed by atoms with E-state index in [1.807, 2.05) is 0 Å². The van der Waals surface area contributed by atoms with Crippen LogP contribution in [0.3, 0.4) is 0 Å². The Labute approximate surface area is 191 Å². The molecule has 0 bridgehead atoms. The van der Waals surface area contributed by atoms with Crippen LogP contribution in [0.25, 0.3) is 0 Å². The molecular weight excluding hydrogens is 416 g/mol. The molecule has 184 valence electrons. The number of hydrogen-bond donors (Lipinski definition) is 1. The molecule has 0 aromatic carbocycles. The van der Waals surface area contributed by atoms with Crippen molar-refractivity contribution in [1.29, 1.82) is 0 Å². The van der Waals surface area contributed by atoms with Crippen molar-refractivity contribution in [3.8, 4) is 0 Å². The third-order valence-electron chi connectivity index (χ3n) is 5.46. The molecular formula is C23H40N2O7. The van der Waals surface area contributed by atoms with Gasteiger partial charge in [-0.1, -0.05) is 19.3 Å². The Hall–Kier alpha value is -1.20. The first-order valence-corrected chi connectivity index (χ1v) is 11.6. The maximum atomic E-state index is 9.41. The highest BCUT2D eigenvalue weighted by Crippen LogP contribution is 2.38. The molecule has 0 aliphatic heterocycles. The number of nitrogens with zero attached hydrogens (tertiary/aromatic N) is 2. The summed E-state index contributed by atoms with van der Waals surface area (Å²) in [6.07, 6.45) is 7.28. The highest BCUT2D eigenvalue weighted by atomic mass is 16.6. The van der Waals surface area contributed by atoms with Crippen LogP contribution in [0.15, 0.2) is 12.3 Å². The fraction of sp³-hybridized carbons (Fsp3) is 0.826. The Kier molecular flexibility index (Phi) is 14.6. The minimum Gasteiger partial charge on any atom is -0.390 e. The fourth-order valence-corrected chi connectivity index (χ4v) is 3.69. The third kappa shape index (κ3) is 10.6. The van der Waals surface area contributed by atoms with Crippen molar-refractivity contribution < 1.29 is 33.5 Å². The third-order valence-corrected chi connectivity index (χ3v) is 5.46. The van der Waals surface area contributed by atoms with Crippen molar-refractivity contribution in [2.45, 2.75) is 44.1 Å². The van der Waals surface area contributed by atoms with E-state index in [1.165, 1.54) is 6.42 Å².